The number of rotatable bonds is 6. The second-order valence-electron chi connectivity index (χ2n) is 15.3. The average molecular weight is 719 g/mol. The molecular weight excluding hydrogens is 681 g/mol. The molecule has 0 amide bonds. The third kappa shape index (κ3) is 4.89. The molecule has 0 fully saturated rings. The number of fused-ring (bicyclic) bond motifs is 8. The Morgan fingerprint density at radius 2 is 1.14 bits per heavy atom. The van der Waals surface area contributed by atoms with Crippen LogP contribution >= 0.6 is 0 Å². The molecule has 1 aliphatic rings. The molecule has 0 saturated carbocycles. The summed E-state index contributed by atoms with van der Waals surface area (Å²) in [6.45, 7) is 4.70. The van der Waals surface area contributed by atoms with Gasteiger partial charge in [-0.2, -0.15) is 0 Å². The molecule has 0 N–H and O–H groups in total. The van der Waals surface area contributed by atoms with E-state index < -0.39 is 0 Å². The van der Waals surface area contributed by atoms with E-state index in [1.54, 1.807) is 0 Å². The van der Waals surface area contributed by atoms with Crippen LogP contribution in [0.1, 0.15) is 25.0 Å². The molecule has 0 aliphatic heterocycles. The number of benzene rings is 7. The standard InChI is InChI=1S/C52H38N4/c1-52(2)46-18-10-9-17-41(46)42-26-24-40(34-47(42)52)55(38-22-20-35(21-23-38)48-19-11-12-31-53-48)39-25-28-50-45(33-39)43-27-29-49-44(30-32-54(49)36-13-5-3-6-14-36)51(43)56(50)37-15-7-4-8-16-37/h3-34H,1-2H3. The van der Waals surface area contributed by atoms with E-state index >= 15 is 0 Å². The number of para-hydroxylation sites is 2. The van der Waals surface area contributed by atoms with Crippen LogP contribution < -0.4 is 4.90 Å². The first kappa shape index (κ1) is 32.3. The normalized spacial score (nSPS) is 13.0. The van der Waals surface area contributed by atoms with E-state index in [0.29, 0.717) is 0 Å². The largest absolute Gasteiger partial charge is 0.316 e. The molecule has 0 spiro atoms. The van der Waals surface area contributed by atoms with Crippen molar-refractivity contribution in [3.63, 3.8) is 0 Å². The van der Waals surface area contributed by atoms with Crippen LogP contribution in [0.5, 0.6) is 0 Å². The highest BCUT2D eigenvalue weighted by atomic mass is 15.1. The molecule has 0 radical (unpaired) electrons. The summed E-state index contributed by atoms with van der Waals surface area (Å²) in [6, 6.07) is 66.0. The number of hydrogen-bond donors (Lipinski definition) is 0. The molecule has 3 aromatic heterocycles. The van der Waals surface area contributed by atoms with Crippen molar-refractivity contribution in [1.29, 1.82) is 0 Å². The van der Waals surface area contributed by atoms with Gasteiger partial charge in [0.1, 0.15) is 0 Å². The van der Waals surface area contributed by atoms with E-state index in [1.807, 2.05) is 18.3 Å². The van der Waals surface area contributed by atoms with E-state index in [-0.39, 0.29) is 5.41 Å². The maximum absolute atomic E-state index is 4.63. The van der Waals surface area contributed by atoms with Crippen molar-refractivity contribution >= 4 is 49.8 Å². The Hall–Kier alpha value is -7.17. The van der Waals surface area contributed by atoms with Gasteiger partial charge >= 0.3 is 0 Å². The minimum Gasteiger partial charge on any atom is -0.316 e. The molecule has 266 valence electrons. The van der Waals surface area contributed by atoms with Gasteiger partial charge in [0, 0.05) is 68.0 Å². The summed E-state index contributed by atoms with van der Waals surface area (Å²) in [6.07, 6.45) is 4.05. The molecule has 3 heterocycles. The van der Waals surface area contributed by atoms with Crippen molar-refractivity contribution in [2.24, 2.45) is 0 Å². The van der Waals surface area contributed by atoms with Crippen LogP contribution in [0, 0.1) is 0 Å². The Morgan fingerprint density at radius 3 is 1.93 bits per heavy atom. The van der Waals surface area contributed by atoms with Gasteiger partial charge in [-0.15, -0.1) is 0 Å². The molecule has 0 bridgehead atoms. The first-order valence-electron chi connectivity index (χ1n) is 19.3. The first-order chi connectivity index (χ1) is 27.5. The van der Waals surface area contributed by atoms with E-state index in [1.165, 1.54) is 55.0 Å². The van der Waals surface area contributed by atoms with Crippen LogP contribution in [0.2, 0.25) is 0 Å². The maximum atomic E-state index is 4.63. The monoisotopic (exact) mass is 718 g/mol. The van der Waals surface area contributed by atoms with Gasteiger partial charge in [0.05, 0.1) is 22.2 Å². The van der Waals surface area contributed by atoms with E-state index in [2.05, 4.69) is 209 Å². The minimum atomic E-state index is -0.120. The van der Waals surface area contributed by atoms with Crippen LogP contribution in [-0.2, 0) is 5.41 Å². The highest BCUT2D eigenvalue weighted by Crippen LogP contribution is 2.51. The van der Waals surface area contributed by atoms with Gasteiger partial charge in [-0.25, -0.2) is 0 Å². The first-order valence-corrected chi connectivity index (χ1v) is 19.3. The molecular formula is C52H38N4. The summed E-state index contributed by atoms with van der Waals surface area (Å²) in [5.41, 5.74) is 16.5. The van der Waals surface area contributed by atoms with Crippen LogP contribution in [0.25, 0.3) is 66.5 Å². The summed E-state index contributed by atoms with van der Waals surface area (Å²) >= 11 is 0. The molecule has 11 rings (SSSR count). The third-order valence-corrected chi connectivity index (χ3v) is 11.8. The third-order valence-electron chi connectivity index (χ3n) is 11.8. The maximum Gasteiger partial charge on any atom is 0.0701 e. The van der Waals surface area contributed by atoms with Crippen LogP contribution in [0.3, 0.4) is 0 Å². The second kappa shape index (κ2) is 12.4. The Bertz CT molecular complexity index is 3080. The van der Waals surface area contributed by atoms with Gasteiger partial charge < -0.3 is 14.0 Å². The lowest BCUT2D eigenvalue weighted by Gasteiger charge is -2.28. The summed E-state index contributed by atoms with van der Waals surface area (Å²) in [5, 5.41) is 3.65. The number of pyridine rings is 1. The fourth-order valence-electron chi connectivity index (χ4n) is 9.11. The zero-order valence-electron chi connectivity index (χ0n) is 31.3. The molecule has 56 heavy (non-hydrogen) atoms. The van der Waals surface area contributed by atoms with Gasteiger partial charge in [-0.1, -0.05) is 105 Å². The Kier molecular flexibility index (Phi) is 7.17. The fourth-order valence-corrected chi connectivity index (χ4v) is 9.11. The lowest BCUT2D eigenvalue weighted by Crippen LogP contribution is -2.16. The van der Waals surface area contributed by atoms with Gasteiger partial charge in [0.15, 0.2) is 0 Å². The molecule has 0 unspecified atom stereocenters. The SMILES string of the molecule is CC1(C)c2ccccc2-c2ccc(N(c3ccc(-c4ccccn4)cc3)c3ccc4c(c3)c3ccc5c(ccn5-c5ccccc5)c3n4-c3ccccc3)cc21. The molecule has 10 aromatic rings. The van der Waals surface area contributed by atoms with Crippen molar-refractivity contribution in [1.82, 2.24) is 14.1 Å². The van der Waals surface area contributed by atoms with Gasteiger partial charge in [-0.3, -0.25) is 4.98 Å². The number of aromatic nitrogens is 3. The van der Waals surface area contributed by atoms with Gasteiger partial charge in [-0.05, 0) is 113 Å². The van der Waals surface area contributed by atoms with Gasteiger partial charge in [0.2, 0.25) is 0 Å². The van der Waals surface area contributed by atoms with Crippen LogP contribution in [0.4, 0.5) is 17.1 Å². The number of nitrogens with zero attached hydrogens (tertiary/aromatic N) is 4. The van der Waals surface area contributed by atoms with Crippen molar-refractivity contribution in [2.75, 3.05) is 4.90 Å². The highest BCUT2D eigenvalue weighted by molar-refractivity contribution is 6.19. The molecule has 4 nitrogen and oxygen atoms in total. The Labute approximate surface area is 326 Å². The van der Waals surface area contributed by atoms with Crippen molar-refractivity contribution in [3.8, 4) is 33.8 Å². The fraction of sp³-hybridized carbons (Fsp3) is 0.0577. The summed E-state index contributed by atoms with van der Waals surface area (Å²) in [4.78, 5) is 7.04. The predicted octanol–water partition coefficient (Wildman–Crippen LogP) is 13.6. The molecule has 0 atom stereocenters. The Balaban J connectivity index is 1.14. The van der Waals surface area contributed by atoms with Crippen LogP contribution in [0.15, 0.2) is 194 Å². The smallest absolute Gasteiger partial charge is 0.0701 e. The molecule has 4 heteroatoms. The number of hydrogen-bond acceptors (Lipinski definition) is 2. The topological polar surface area (TPSA) is 26.0 Å². The molecule has 1 aliphatic carbocycles. The molecule has 7 aromatic carbocycles. The quantitative estimate of drug-likeness (QED) is 0.171. The average Bonchev–Trinajstić information content (AvgIpc) is 3.91. The zero-order chi connectivity index (χ0) is 37.4. The molecule has 0 saturated heterocycles. The Morgan fingerprint density at radius 1 is 0.482 bits per heavy atom. The van der Waals surface area contributed by atoms with Crippen molar-refractivity contribution in [2.45, 2.75) is 19.3 Å². The lowest BCUT2D eigenvalue weighted by atomic mass is 9.82. The summed E-state index contributed by atoms with van der Waals surface area (Å²) in [7, 11) is 0. The van der Waals surface area contributed by atoms with Crippen molar-refractivity contribution in [3.05, 3.63) is 206 Å². The van der Waals surface area contributed by atoms with Gasteiger partial charge in [0.25, 0.3) is 0 Å². The van der Waals surface area contributed by atoms with E-state index in [4.69, 9.17) is 0 Å². The highest BCUT2D eigenvalue weighted by Gasteiger charge is 2.35. The lowest BCUT2D eigenvalue weighted by molar-refractivity contribution is 0.660. The van der Waals surface area contributed by atoms with E-state index in [0.717, 1.165) is 39.7 Å². The second-order valence-corrected chi connectivity index (χ2v) is 15.3. The summed E-state index contributed by atoms with van der Waals surface area (Å²) < 4.78 is 4.73. The number of anilines is 3. The summed E-state index contributed by atoms with van der Waals surface area (Å²) in [5.74, 6) is 0. The van der Waals surface area contributed by atoms with E-state index in [9.17, 15) is 0 Å². The van der Waals surface area contributed by atoms with Crippen molar-refractivity contribution < 1.29 is 0 Å². The zero-order valence-corrected chi connectivity index (χ0v) is 31.3. The van der Waals surface area contributed by atoms with Crippen LogP contribution in [-0.4, -0.2) is 14.1 Å². The predicted molar refractivity (Wildman–Crippen MR) is 233 cm³/mol. The minimum absolute atomic E-state index is 0.120.